The molecule has 0 nitrogen and oxygen atoms in total. The van der Waals surface area contributed by atoms with Crippen molar-refractivity contribution in [2.75, 3.05) is 0 Å². The van der Waals surface area contributed by atoms with Crippen molar-refractivity contribution < 1.29 is 4.39 Å². The fourth-order valence-electron chi connectivity index (χ4n) is 2.41. The molecule has 1 atom stereocenters. The van der Waals surface area contributed by atoms with Gasteiger partial charge >= 0.3 is 0 Å². The average molecular weight is 242 g/mol. The highest BCUT2D eigenvalue weighted by Gasteiger charge is 2.32. The number of benzene rings is 2. The highest BCUT2D eigenvalue weighted by molar-refractivity contribution is 5.39. The summed E-state index contributed by atoms with van der Waals surface area (Å²) in [5, 5.41) is 0. The van der Waals surface area contributed by atoms with Gasteiger partial charge in [-0.3, -0.25) is 0 Å². The minimum atomic E-state index is -0.182. The van der Waals surface area contributed by atoms with Crippen LogP contribution >= 0.6 is 0 Å². The SMILES string of the molecule is CC(C)[C@](C)(c1ccccc1)c1ccc(F)cc1. The van der Waals surface area contributed by atoms with Crippen LogP contribution in [0.15, 0.2) is 54.6 Å². The normalized spacial score (nSPS) is 14.5. The third kappa shape index (κ3) is 2.17. The van der Waals surface area contributed by atoms with Gasteiger partial charge in [0.1, 0.15) is 5.82 Å². The molecule has 0 aliphatic heterocycles. The van der Waals surface area contributed by atoms with Gasteiger partial charge in [-0.1, -0.05) is 63.2 Å². The molecule has 18 heavy (non-hydrogen) atoms. The first-order chi connectivity index (χ1) is 8.55. The molecule has 0 N–H and O–H groups in total. The Hall–Kier alpha value is -1.63. The third-order valence-electron chi connectivity index (χ3n) is 3.97. The summed E-state index contributed by atoms with van der Waals surface area (Å²) in [5.41, 5.74) is 2.34. The van der Waals surface area contributed by atoms with Crippen LogP contribution in [0.3, 0.4) is 0 Å². The number of hydrogen-bond donors (Lipinski definition) is 0. The topological polar surface area (TPSA) is 0 Å². The van der Waals surface area contributed by atoms with E-state index in [1.165, 1.54) is 5.56 Å². The quantitative estimate of drug-likeness (QED) is 0.726. The van der Waals surface area contributed by atoms with Crippen LogP contribution in [0.25, 0.3) is 0 Å². The van der Waals surface area contributed by atoms with Crippen LogP contribution in [0.5, 0.6) is 0 Å². The molecule has 0 spiro atoms. The standard InChI is InChI=1S/C17H19F/c1-13(2)17(3,14-7-5-4-6-8-14)15-9-11-16(18)12-10-15/h4-13H,1-3H3/t17-/m1/s1. The van der Waals surface area contributed by atoms with Crippen LogP contribution in [0, 0.1) is 11.7 Å². The van der Waals surface area contributed by atoms with Crippen molar-refractivity contribution in [3.8, 4) is 0 Å². The van der Waals surface area contributed by atoms with Crippen LogP contribution < -0.4 is 0 Å². The van der Waals surface area contributed by atoms with Gasteiger partial charge in [0.25, 0.3) is 0 Å². The van der Waals surface area contributed by atoms with Crippen LogP contribution in [0.1, 0.15) is 31.9 Å². The van der Waals surface area contributed by atoms with Crippen molar-refractivity contribution in [3.05, 3.63) is 71.5 Å². The molecule has 0 bridgehead atoms. The molecule has 0 aliphatic carbocycles. The van der Waals surface area contributed by atoms with E-state index < -0.39 is 0 Å². The molecule has 0 unspecified atom stereocenters. The van der Waals surface area contributed by atoms with Crippen LogP contribution in [0.4, 0.5) is 4.39 Å². The van der Waals surface area contributed by atoms with E-state index >= 15 is 0 Å². The Morgan fingerprint density at radius 2 is 1.33 bits per heavy atom. The van der Waals surface area contributed by atoms with Crippen molar-refractivity contribution in [1.29, 1.82) is 0 Å². The lowest BCUT2D eigenvalue weighted by Gasteiger charge is -2.35. The largest absolute Gasteiger partial charge is 0.207 e. The molecule has 0 saturated carbocycles. The summed E-state index contributed by atoms with van der Waals surface area (Å²) >= 11 is 0. The lowest BCUT2D eigenvalue weighted by Crippen LogP contribution is -2.30. The van der Waals surface area contributed by atoms with Crippen molar-refractivity contribution >= 4 is 0 Å². The fourth-order valence-corrected chi connectivity index (χ4v) is 2.41. The van der Waals surface area contributed by atoms with Gasteiger partial charge in [0, 0.05) is 5.41 Å². The summed E-state index contributed by atoms with van der Waals surface area (Å²) in [6, 6.07) is 17.3. The number of hydrogen-bond acceptors (Lipinski definition) is 0. The molecule has 2 aromatic carbocycles. The minimum Gasteiger partial charge on any atom is -0.207 e. The summed E-state index contributed by atoms with van der Waals surface area (Å²) in [6.07, 6.45) is 0. The van der Waals surface area contributed by atoms with Gasteiger partial charge in [-0.15, -0.1) is 0 Å². The first-order valence-electron chi connectivity index (χ1n) is 6.36. The first kappa shape index (κ1) is 12.8. The molecule has 0 fully saturated rings. The van der Waals surface area contributed by atoms with Gasteiger partial charge in [0.05, 0.1) is 0 Å². The highest BCUT2D eigenvalue weighted by Crippen LogP contribution is 2.38. The molecular formula is C17H19F. The molecule has 0 saturated heterocycles. The summed E-state index contributed by atoms with van der Waals surface area (Å²) in [4.78, 5) is 0. The molecule has 1 heteroatoms. The zero-order valence-electron chi connectivity index (χ0n) is 11.2. The second-order valence-electron chi connectivity index (χ2n) is 5.23. The zero-order valence-corrected chi connectivity index (χ0v) is 11.2. The number of halogens is 1. The van der Waals surface area contributed by atoms with Gasteiger partial charge in [-0.25, -0.2) is 4.39 Å². The number of rotatable bonds is 3. The highest BCUT2D eigenvalue weighted by atomic mass is 19.1. The molecule has 0 aliphatic rings. The third-order valence-corrected chi connectivity index (χ3v) is 3.97. The fraction of sp³-hybridized carbons (Fsp3) is 0.294. The minimum absolute atomic E-state index is 0.0883. The maximum Gasteiger partial charge on any atom is 0.123 e. The Balaban J connectivity index is 2.54. The lowest BCUT2D eigenvalue weighted by molar-refractivity contribution is 0.404. The summed E-state index contributed by atoms with van der Waals surface area (Å²) < 4.78 is 13.1. The Labute approximate surface area is 108 Å². The summed E-state index contributed by atoms with van der Waals surface area (Å²) in [5.74, 6) is 0.253. The van der Waals surface area contributed by atoms with E-state index in [-0.39, 0.29) is 11.2 Å². The maximum atomic E-state index is 13.1. The monoisotopic (exact) mass is 242 g/mol. The molecule has 0 amide bonds. The first-order valence-corrected chi connectivity index (χ1v) is 6.36. The predicted molar refractivity (Wildman–Crippen MR) is 74.1 cm³/mol. The summed E-state index contributed by atoms with van der Waals surface area (Å²) in [7, 11) is 0. The smallest absolute Gasteiger partial charge is 0.123 e. The Kier molecular flexibility index (Phi) is 3.51. The van der Waals surface area contributed by atoms with Crippen molar-refractivity contribution in [1.82, 2.24) is 0 Å². The van der Waals surface area contributed by atoms with E-state index in [2.05, 4.69) is 45.0 Å². The van der Waals surface area contributed by atoms with E-state index in [9.17, 15) is 4.39 Å². The van der Waals surface area contributed by atoms with Crippen LogP contribution in [-0.4, -0.2) is 0 Å². The van der Waals surface area contributed by atoms with E-state index in [4.69, 9.17) is 0 Å². The van der Waals surface area contributed by atoms with E-state index in [1.807, 2.05) is 18.2 Å². The van der Waals surface area contributed by atoms with Crippen LogP contribution in [-0.2, 0) is 5.41 Å². The molecule has 0 heterocycles. The Morgan fingerprint density at radius 1 is 0.833 bits per heavy atom. The second kappa shape index (κ2) is 4.93. The van der Waals surface area contributed by atoms with E-state index in [0.717, 1.165) is 5.56 Å². The van der Waals surface area contributed by atoms with Gasteiger partial charge in [0.2, 0.25) is 0 Å². The average Bonchev–Trinajstić information content (AvgIpc) is 2.39. The van der Waals surface area contributed by atoms with Gasteiger partial charge in [0.15, 0.2) is 0 Å². The van der Waals surface area contributed by atoms with Crippen molar-refractivity contribution in [2.24, 2.45) is 5.92 Å². The summed E-state index contributed by atoms with van der Waals surface area (Å²) in [6.45, 7) is 6.63. The maximum absolute atomic E-state index is 13.1. The second-order valence-corrected chi connectivity index (χ2v) is 5.23. The van der Waals surface area contributed by atoms with E-state index in [0.29, 0.717) is 5.92 Å². The van der Waals surface area contributed by atoms with Gasteiger partial charge in [-0.2, -0.15) is 0 Å². The predicted octanol–water partition coefficient (Wildman–Crippen LogP) is 4.79. The zero-order chi connectivity index (χ0) is 13.2. The molecule has 2 rings (SSSR count). The molecular weight excluding hydrogens is 223 g/mol. The molecule has 0 radical (unpaired) electrons. The molecule has 2 aromatic rings. The lowest BCUT2D eigenvalue weighted by atomic mass is 9.68. The Bertz CT molecular complexity index is 499. The van der Waals surface area contributed by atoms with Gasteiger partial charge in [-0.05, 0) is 29.2 Å². The van der Waals surface area contributed by atoms with E-state index in [1.54, 1.807) is 12.1 Å². The van der Waals surface area contributed by atoms with Crippen LogP contribution in [0.2, 0.25) is 0 Å². The van der Waals surface area contributed by atoms with Gasteiger partial charge < -0.3 is 0 Å². The molecule has 0 aromatic heterocycles. The van der Waals surface area contributed by atoms with Crippen molar-refractivity contribution in [3.63, 3.8) is 0 Å². The van der Waals surface area contributed by atoms with Crippen molar-refractivity contribution in [2.45, 2.75) is 26.2 Å². The Morgan fingerprint density at radius 3 is 1.83 bits per heavy atom. The molecule has 94 valence electrons.